The fraction of sp³-hybridized carbons (Fsp3) is 0.588. The van der Waals surface area contributed by atoms with E-state index >= 15 is 0 Å². The molecule has 23 heavy (non-hydrogen) atoms. The first-order valence-electron chi connectivity index (χ1n) is 7.98. The molecule has 5 nitrogen and oxygen atoms in total. The summed E-state index contributed by atoms with van der Waals surface area (Å²) >= 11 is 0. The average Bonchev–Trinajstić information content (AvgIpc) is 2.94. The maximum Gasteiger partial charge on any atom is 0.193 e. The Hall–Kier alpha value is -0.860. The number of rotatable bonds is 7. The lowest BCUT2D eigenvalue weighted by atomic mass is 10.1. The second-order valence-corrected chi connectivity index (χ2v) is 5.83. The van der Waals surface area contributed by atoms with Crippen molar-refractivity contribution in [1.29, 1.82) is 0 Å². The average molecular weight is 433 g/mol. The van der Waals surface area contributed by atoms with Gasteiger partial charge in [0.05, 0.1) is 12.7 Å². The Morgan fingerprint density at radius 3 is 2.74 bits per heavy atom. The van der Waals surface area contributed by atoms with Crippen molar-refractivity contribution in [2.75, 3.05) is 31.7 Å². The van der Waals surface area contributed by atoms with Crippen LogP contribution in [0.3, 0.4) is 0 Å². The summed E-state index contributed by atoms with van der Waals surface area (Å²) in [5.74, 6) is 0.448. The Labute approximate surface area is 156 Å². The van der Waals surface area contributed by atoms with Crippen molar-refractivity contribution in [2.24, 2.45) is 10.7 Å². The number of hydrogen-bond donors (Lipinski definition) is 2. The Bertz CT molecular complexity index is 482. The largest absolute Gasteiger partial charge is 0.379 e. The third kappa shape index (κ3) is 7.99. The molecule has 1 aliphatic rings. The fourth-order valence-corrected chi connectivity index (χ4v) is 2.59. The van der Waals surface area contributed by atoms with Crippen molar-refractivity contribution in [2.45, 2.75) is 39.2 Å². The topological polar surface area (TPSA) is 68.9 Å². The minimum atomic E-state index is 0. The molecule has 1 aromatic carbocycles. The van der Waals surface area contributed by atoms with E-state index in [9.17, 15) is 0 Å². The first kappa shape index (κ1) is 20.2. The van der Waals surface area contributed by atoms with E-state index in [1.54, 1.807) is 0 Å². The first-order valence-corrected chi connectivity index (χ1v) is 7.98. The highest BCUT2D eigenvalue weighted by atomic mass is 127. The highest BCUT2D eigenvalue weighted by Gasteiger charge is 2.14. The molecule has 1 aliphatic heterocycles. The van der Waals surface area contributed by atoms with Crippen LogP contribution in [-0.4, -0.2) is 38.4 Å². The molecule has 1 atom stereocenters. The number of nitrogens with two attached hydrogens (primary N) is 1. The summed E-state index contributed by atoms with van der Waals surface area (Å²) in [6, 6.07) is 6.24. The van der Waals surface area contributed by atoms with Gasteiger partial charge in [-0.15, -0.1) is 24.0 Å². The van der Waals surface area contributed by atoms with Crippen LogP contribution in [0, 0.1) is 13.8 Å². The van der Waals surface area contributed by atoms with Crippen LogP contribution in [0.2, 0.25) is 0 Å². The Morgan fingerprint density at radius 1 is 1.35 bits per heavy atom. The van der Waals surface area contributed by atoms with Gasteiger partial charge in [-0.2, -0.15) is 0 Å². The second kappa shape index (κ2) is 10.8. The number of ether oxygens (including phenoxy) is 2. The number of hydrogen-bond acceptors (Lipinski definition) is 3. The highest BCUT2D eigenvalue weighted by Crippen LogP contribution is 2.13. The number of aryl methyl sites for hydroxylation is 2. The molecule has 1 fully saturated rings. The maximum atomic E-state index is 5.90. The number of guanidine groups is 1. The van der Waals surface area contributed by atoms with E-state index in [1.807, 2.05) is 0 Å². The summed E-state index contributed by atoms with van der Waals surface area (Å²) < 4.78 is 11.1. The van der Waals surface area contributed by atoms with Crippen molar-refractivity contribution in [3.63, 3.8) is 0 Å². The van der Waals surface area contributed by atoms with Gasteiger partial charge in [0, 0.05) is 25.4 Å². The molecule has 0 saturated carbocycles. The van der Waals surface area contributed by atoms with Gasteiger partial charge in [0.2, 0.25) is 0 Å². The van der Waals surface area contributed by atoms with E-state index in [-0.39, 0.29) is 24.0 Å². The third-order valence-corrected chi connectivity index (χ3v) is 3.55. The zero-order valence-electron chi connectivity index (χ0n) is 14.0. The molecule has 0 amide bonds. The normalized spacial score (nSPS) is 17.8. The van der Waals surface area contributed by atoms with Gasteiger partial charge < -0.3 is 20.5 Å². The van der Waals surface area contributed by atoms with E-state index < -0.39 is 0 Å². The van der Waals surface area contributed by atoms with Crippen molar-refractivity contribution in [3.05, 3.63) is 29.3 Å². The molecular weight excluding hydrogens is 405 g/mol. The lowest BCUT2D eigenvalue weighted by Gasteiger charge is -2.10. The zero-order chi connectivity index (χ0) is 15.8. The first-order chi connectivity index (χ1) is 10.6. The quantitative estimate of drug-likeness (QED) is 0.300. The van der Waals surface area contributed by atoms with Crippen LogP contribution in [0.1, 0.15) is 30.4 Å². The van der Waals surface area contributed by atoms with Crippen LogP contribution in [0.15, 0.2) is 23.2 Å². The summed E-state index contributed by atoms with van der Waals surface area (Å²) in [5, 5.41) is 3.13. The van der Waals surface area contributed by atoms with E-state index in [4.69, 9.17) is 15.2 Å². The molecule has 0 spiro atoms. The van der Waals surface area contributed by atoms with E-state index in [2.05, 4.69) is 42.4 Å². The van der Waals surface area contributed by atoms with Crippen molar-refractivity contribution in [3.8, 4) is 0 Å². The molecule has 0 bridgehead atoms. The van der Waals surface area contributed by atoms with Gasteiger partial charge in [-0.1, -0.05) is 6.07 Å². The van der Waals surface area contributed by atoms with Crippen LogP contribution in [0.4, 0.5) is 5.69 Å². The number of nitrogens with zero attached hydrogens (tertiary/aromatic N) is 1. The van der Waals surface area contributed by atoms with Gasteiger partial charge >= 0.3 is 0 Å². The van der Waals surface area contributed by atoms with Gasteiger partial charge in [0.1, 0.15) is 0 Å². The summed E-state index contributed by atoms with van der Waals surface area (Å²) in [5.41, 5.74) is 9.29. The molecule has 0 aromatic heterocycles. The monoisotopic (exact) mass is 433 g/mol. The molecule has 2 rings (SSSR count). The van der Waals surface area contributed by atoms with Crippen LogP contribution in [0.25, 0.3) is 0 Å². The summed E-state index contributed by atoms with van der Waals surface area (Å²) in [6.45, 7) is 7.06. The van der Waals surface area contributed by atoms with E-state index in [0.29, 0.717) is 31.8 Å². The molecule has 1 saturated heterocycles. The number of nitrogens with one attached hydrogen (secondary N) is 1. The van der Waals surface area contributed by atoms with Gasteiger partial charge in [0.15, 0.2) is 5.96 Å². The van der Waals surface area contributed by atoms with Gasteiger partial charge in [-0.3, -0.25) is 4.99 Å². The lowest BCUT2D eigenvalue weighted by Crippen LogP contribution is -2.23. The maximum absolute atomic E-state index is 5.90. The Balaban J connectivity index is 0.00000264. The number of aliphatic imine (C=N–C) groups is 1. The predicted octanol–water partition coefficient (Wildman–Crippen LogP) is 3.23. The lowest BCUT2D eigenvalue weighted by molar-refractivity contribution is 0.0171. The molecular formula is C17H28IN3O2. The van der Waals surface area contributed by atoms with Crippen LogP contribution < -0.4 is 11.1 Å². The Morgan fingerprint density at radius 2 is 2.09 bits per heavy atom. The SMILES string of the molecule is Cc1cc(C)cc(NC(N)=NCCCOCC2CCCO2)c1.I. The molecule has 0 radical (unpaired) electrons. The predicted molar refractivity (Wildman–Crippen MR) is 106 cm³/mol. The molecule has 0 aliphatic carbocycles. The van der Waals surface area contributed by atoms with Gasteiger partial charge in [-0.05, 0) is 56.4 Å². The van der Waals surface area contributed by atoms with Crippen LogP contribution >= 0.6 is 24.0 Å². The van der Waals surface area contributed by atoms with Crippen LogP contribution in [-0.2, 0) is 9.47 Å². The summed E-state index contributed by atoms with van der Waals surface area (Å²) in [6.07, 6.45) is 3.42. The zero-order valence-corrected chi connectivity index (χ0v) is 16.3. The number of benzene rings is 1. The minimum absolute atomic E-state index is 0. The van der Waals surface area contributed by atoms with Gasteiger partial charge in [-0.25, -0.2) is 0 Å². The fourth-order valence-electron chi connectivity index (χ4n) is 2.59. The molecule has 1 aromatic rings. The molecule has 6 heteroatoms. The second-order valence-electron chi connectivity index (χ2n) is 5.83. The minimum Gasteiger partial charge on any atom is -0.379 e. The Kier molecular flexibility index (Phi) is 9.50. The van der Waals surface area contributed by atoms with Crippen molar-refractivity contribution >= 4 is 35.6 Å². The van der Waals surface area contributed by atoms with Crippen molar-refractivity contribution in [1.82, 2.24) is 0 Å². The van der Waals surface area contributed by atoms with Crippen molar-refractivity contribution < 1.29 is 9.47 Å². The smallest absolute Gasteiger partial charge is 0.193 e. The van der Waals surface area contributed by atoms with Gasteiger partial charge in [0.25, 0.3) is 0 Å². The third-order valence-electron chi connectivity index (χ3n) is 3.55. The van der Waals surface area contributed by atoms with E-state index in [1.165, 1.54) is 11.1 Å². The summed E-state index contributed by atoms with van der Waals surface area (Å²) in [4.78, 5) is 4.32. The molecule has 1 heterocycles. The number of anilines is 1. The standard InChI is InChI=1S/C17H27N3O2.HI/c1-13-9-14(2)11-15(10-13)20-17(18)19-6-4-7-21-12-16-5-3-8-22-16;/h9-11,16H,3-8,12H2,1-2H3,(H3,18,19,20);1H. The summed E-state index contributed by atoms with van der Waals surface area (Å²) in [7, 11) is 0. The van der Waals surface area contributed by atoms with E-state index in [0.717, 1.165) is 31.6 Å². The molecule has 130 valence electrons. The highest BCUT2D eigenvalue weighted by molar-refractivity contribution is 14.0. The molecule has 3 N–H and O–H groups in total. The van der Waals surface area contributed by atoms with Crippen LogP contribution in [0.5, 0.6) is 0 Å². The molecule has 1 unspecified atom stereocenters. The number of halogens is 1.